The highest BCUT2D eigenvalue weighted by Gasteiger charge is 2.21. The van der Waals surface area contributed by atoms with Gasteiger partial charge in [-0.05, 0) is 11.6 Å². The van der Waals surface area contributed by atoms with E-state index in [0.29, 0.717) is 11.8 Å². The van der Waals surface area contributed by atoms with Crippen LogP contribution in [-0.2, 0) is 11.2 Å². The van der Waals surface area contributed by atoms with E-state index >= 15 is 0 Å². The maximum atomic E-state index is 10.8. The molecule has 0 aliphatic carbocycles. The molecule has 0 aliphatic heterocycles. The Morgan fingerprint density at radius 2 is 2.06 bits per heavy atom. The molecular formula is C10H11NO5. The zero-order valence-electron chi connectivity index (χ0n) is 8.93. The minimum atomic E-state index is -0.574. The molecule has 0 aromatic heterocycles. The third-order valence-electron chi connectivity index (χ3n) is 2.03. The van der Waals surface area contributed by atoms with Gasteiger partial charge in [0.2, 0.25) is 5.75 Å². The van der Waals surface area contributed by atoms with E-state index in [0.717, 1.165) is 0 Å². The van der Waals surface area contributed by atoms with Crippen molar-refractivity contribution in [1.82, 2.24) is 0 Å². The Morgan fingerprint density at radius 3 is 2.50 bits per heavy atom. The first-order valence-electron chi connectivity index (χ1n) is 4.47. The minimum Gasteiger partial charge on any atom is -0.493 e. The zero-order valence-corrected chi connectivity index (χ0v) is 8.93. The van der Waals surface area contributed by atoms with Gasteiger partial charge in [0.1, 0.15) is 6.29 Å². The first kappa shape index (κ1) is 12.0. The molecule has 1 aromatic rings. The Labute approximate surface area is 91.9 Å². The van der Waals surface area contributed by atoms with Gasteiger partial charge in [-0.15, -0.1) is 0 Å². The number of hydrogen-bond acceptors (Lipinski definition) is 5. The Morgan fingerprint density at radius 1 is 1.38 bits per heavy atom. The Kier molecular flexibility index (Phi) is 3.82. The van der Waals surface area contributed by atoms with Crippen LogP contribution < -0.4 is 9.47 Å². The molecule has 0 unspecified atom stereocenters. The third kappa shape index (κ3) is 2.28. The van der Waals surface area contributed by atoms with Crippen molar-refractivity contribution in [2.45, 2.75) is 6.42 Å². The first-order chi connectivity index (χ1) is 7.63. The van der Waals surface area contributed by atoms with Gasteiger partial charge < -0.3 is 14.3 Å². The van der Waals surface area contributed by atoms with Crippen molar-refractivity contribution in [3.63, 3.8) is 0 Å². The van der Waals surface area contributed by atoms with Gasteiger partial charge in [-0.2, -0.15) is 0 Å². The molecule has 0 atom stereocenters. The Hall–Kier alpha value is -2.11. The maximum absolute atomic E-state index is 10.8. The van der Waals surface area contributed by atoms with E-state index in [1.165, 1.54) is 20.3 Å². The lowest BCUT2D eigenvalue weighted by Gasteiger charge is -2.09. The second kappa shape index (κ2) is 5.11. The standard InChI is InChI=1S/C10H11NO5/c1-15-9-6-7(3-4-12)5-8(11(13)14)10(9)16-2/h4-6H,3H2,1-2H3. The van der Waals surface area contributed by atoms with Crippen molar-refractivity contribution in [2.24, 2.45) is 0 Å². The molecule has 1 aromatic carbocycles. The number of nitro groups is 1. The normalized spacial score (nSPS) is 9.62. The molecule has 0 amide bonds. The monoisotopic (exact) mass is 225 g/mol. The number of nitro benzene ring substituents is 1. The van der Waals surface area contributed by atoms with Crippen molar-refractivity contribution in [2.75, 3.05) is 14.2 Å². The van der Waals surface area contributed by atoms with Crippen molar-refractivity contribution in [3.05, 3.63) is 27.8 Å². The summed E-state index contributed by atoms with van der Waals surface area (Å²) in [5, 5.41) is 10.8. The molecular weight excluding hydrogens is 214 g/mol. The van der Waals surface area contributed by atoms with Crippen LogP contribution in [0.5, 0.6) is 11.5 Å². The maximum Gasteiger partial charge on any atom is 0.315 e. The highest BCUT2D eigenvalue weighted by molar-refractivity contribution is 5.62. The van der Waals surface area contributed by atoms with Crippen LogP contribution in [0.15, 0.2) is 12.1 Å². The van der Waals surface area contributed by atoms with Crippen LogP contribution in [0.3, 0.4) is 0 Å². The van der Waals surface area contributed by atoms with Crippen LogP contribution in [0.25, 0.3) is 0 Å². The molecule has 0 bridgehead atoms. The van der Waals surface area contributed by atoms with Crippen molar-refractivity contribution in [1.29, 1.82) is 0 Å². The SMILES string of the molecule is COc1cc(CC=O)cc([N+](=O)[O-])c1OC. The van der Waals surface area contributed by atoms with E-state index in [9.17, 15) is 14.9 Å². The molecule has 0 heterocycles. The fourth-order valence-electron chi connectivity index (χ4n) is 1.35. The van der Waals surface area contributed by atoms with Gasteiger partial charge in [0.25, 0.3) is 0 Å². The Bertz CT molecular complexity index is 416. The molecule has 0 saturated carbocycles. The molecule has 0 aliphatic rings. The Balaban J connectivity index is 3.36. The summed E-state index contributed by atoms with van der Waals surface area (Å²) in [7, 11) is 2.70. The number of methoxy groups -OCH3 is 2. The van der Waals surface area contributed by atoms with Gasteiger partial charge in [-0.25, -0.2) is 0 Å². The predicted molar refractivity (Wildman–Crippen MR) is 56.0 cm³/mol. The molecule has 0 N–H and O–H groups in total. The van der Waals surface area contributed by atoms with Crippen LogP contribution in [0.2, 0.25) is 0 Å². The van der Waals surface area contributed by atoms with E-state index < -0.39 is 4.92 Å². The van der Waals surface area contributed by atoms with Crippen LogP contribution in [0.4, 0.5) is 5.69 Å². The summed E-state index contributed by atoms with van der Waals surface area (Å²) < 4.78 is 9.88. The van der Waals surface area contributed by atoms with Crippen molar-refractivity contribution in [3.8, 4) is 11.5 Å². The molecule has 6 nitrogen and oxygen atoms in total. The number of ether oxygens (including phenoxy) is 2. The number of carbonyl (C=O) groups excluding carboxylic acids is 1. The average Bonchev–Trinajstić information content (AvgIpc) is 2.28. The molecule has 6 heteroatoms. The molecule has 0 fully saturated rings. The number of aldehydes is 1. The summed E-state index contributed by atoms with van der Waals surface area (Å²) in [4.78, 5) is 20.6. The zero-order chi connectivity index (χ0) is 12.1. The smallest absolute Gasteiger partial charge is 0.315 e. The molecule has 1 rings (SSSR count). The molecule has 16 heavy (non-hydrogen) atoms. The van der Waals surface area contributed by atoms with Crippen LogP contribution in [0.1, 0.15) is 5.56 Å². The summed E-state index contributed by atoms with van der Waals surface area (Å²) in [6.45, 7) is 0. The number of rotatable bonds is 5. The quantitative estimate of drug-likeness (QED) is 0.429. The number of benzene rings is 1. The van der Waals surface area contributed by atoms with Crippen LogP contribution in [-0.4, -0.2) is 25.4 Å². The summed E-state index contributed by atoms with van der Waals surface area (Å²) in [6.07, 6.45) is 0.770. The second-order valence-electron chi connectivity index (χ2n) is 2.98. The number of nitrogens with zero attached hydrogens (tertiary/aromatic N) is 1. The largest absolute Gasteiger partial charge is 0.493 e. The number of hydrogen-bond donors (Lipinski definition) is 0. The third-order valence-corrected chi connectivity index (χ3v) is 2.03. The summed E-state index contributed by atoms with van der Waals surface area (Å²) in [5.41, 5.74) is 0.304. The van der Waals surface area contributed by atoms with Crippen LogP contribution in [0, 0.1) is 10.1 Å². The van der Waals surface area contributed by atoms with Crippen LogP contribution >= 0.6 is 0 Å². The average molecular weight is 225 g/mol. The lowest BCUT2D eigenvalue weighted by atomic mass is 10.1. The van der Waals surface area contributed by atoms with Gasteiger partial charge in [0.05, 0.1) is 19.1 Å². The van der Waals surface area contributed by atoms with E-state index in [1.807, 2.05) is 0 Å². The van der Waals surface area contributed by atoms with E-state index in [2.05, 4.69) is 0 Å². The van der Waals surface area contributed by atoms with Crippen molar-refractivity contribution < 1.29 is 19.2 Å². The molecule has 86 valence electrons. The highest BCUT2D eigenvalue weighted by atomic mass is 16.6. The van der Waals surface area contributed by atoms with Gasteiger partial charge in [0.15, 0.2) is 5.75 Å². The molecule has 0 radical (unpaired) electrons. The van der Waals surface area contributed by atoms with Gasteiger partial charge in [-0.1, -0.05) is 0 Å². The minimum absolute atomic E-state index is 0.0575. The fourth-order valence-corrected chi connectivity index (χ4v) is 1.35. The lowest BCUT2D eigenvalue weighted by Crippen LogP contribution is -1.99. The number of carbonyl (C=O) groups is 1. The van der Waals surface area contributed by atoms with E-state index in [-0.39, 0.29) is 23.6 Å². The summed E-state index contributed by atoms with van der Waals surface area (Å²) in [5.74, 6) is 0.302. The van der Waals surface area contributed by atoms with Gasteiger partial charge in [-0.3, -0.25) is 10.1 Å². The lowest BCUT2D eigenvalue weighted by molar-refractivity contribution is -0.385. The summed E-state index contributed by atoms with van der Waals surface area (Å²) >= 11 is 0. The molecule has 0 saturated heterocycles. The predicted octanol–water partition coefficient (Wildman–Crippen LogP) is 1.35. The van der Waals surface area contributed by atoms with E-state index in [1.54, 1.807) is 6.07 Å². The van der Waals surface area contributed by atoms with Gasteiger partial charge in [0, 0.05) is 12.5 Å². The van der Waals surface area contributed by atoms with E-state index in [4.69, 9.17) is 9.47 Å². The van der Waals surface area contributed by atoms with Crippen molar-refractivity contribution >= 4 is 12.0 Å². The fraction of sp³-hybridized carbons (Fsp3) is 0.300. The second-order valence-corrected chi connectivity index (χ2v) is 2.98. The molecule has 0 spiro atoms. The summed E-state index contributed by atoms with van der Waals surface area (Å²) in [6, 6.07) is 2.84. The highest BCUT2D eigenvalue weighted by Crippen LogP contribution is 2.37. The first-order valence-corrected chi connectivity index (χ1v) is 4.47. The van der Waals surface area contributed by atoms with Gasteiger partial charge >= 0.3 is 5.69 Å². The topological polar surface area (TPSA) is 78.7 Å².